The highest BCUT2D eigenvalue weighted by Crippen LogP contribution is 2.26. The van der Waals surface area contributed by atoms with Gasteiger partial charge in [0.25, 0.3) is 5.69 Å². The smallest absolute Gasteiger partial charge is 0.270 e. The Morgan fingerprint density at radius 1 is 1.20 bits per heavy atom. The van der Waals surface area contributed by atoms with Crippen molar-refractivity contribution in [1.82, 2.24) is 0 Å². The Morgan fingerprint density at radius 2 is 1.95 bits per heavy atom. The van der Waals surface area contributed by atoms with E-state index >= 15 is 0 Å². The molecule has 0 atom stereocenters. The molecular formula is C16H14NO3. The zero-order valence-electron chi connectivity index (χ0n) is 10.9. The Labute approximate surface area is 117 Å². The molecule has 0 spiro atoms. The maximum absolute atomic E-state index is 10.8. The molecule has 2 rings (SSSR count). The molecule has 0 aliphatic carbocycles. The molecule has 20 heavy (non-hydrogen) atoms. The highest BCUT2D eigenvalue weighted by Gasteiger charge is 2.10. The van der Waals surface area contributed by atoms with E-state index in [1.807, 2.05) is 30.3 Å². The Hall–Kier alpha value is -2.62. The van der Waals surface area contributed by atoms with Gasteiger partial charge in [-0.05, 0) is 18.6 Å². The van der Waals surface area contributed by atoms with E-state index in [-0.39, 0.29) is 5.69 Å². The van der Waals surface area contributed by atoms with Crippen LogP contribution in [0.2, 0.25) is 0 Å². The van der Waals surface area contributed by atoms with Gasteiger partial charge in [-0.2, -0.15) is 0 Å². The topological polar surface area (TPSA) is 52.4 Å². The zero-order valence-corrected chi connectivity index (χ0v) is 10.9. The van der Waals surface area contributed by atoms with Crippen molar-refractivity contribution in [2.45, 2.75) is 6.61 Å². The van der Waals surface area contributed by atoms with Gasteiger partial charge in [0.1, 0.15) is 12.4 Å². The molecule has 0 aliphatic rings. The minimum absolute atomic E-state index is 0.0326. The van der Waals surface area contributed by atoms with E-state index in [2.05, 4.69) is 6.92 Å². The number of ether oxygens (including phenoxy) is 1. The minimum atomic E-state index is -0.429. The van der Waals surface area contributed by atoms with Gasteiger partial charge in [-0.15, -0.1) is 0 Å². The Kier molecular flexibility index (Phi) is 4.50. The molecule has 0 amide bonds. The third-order valence-electron chi connectivity index (χ3n) is 2.74. The van der Waals surface area contributed by atoms with Crippen molar-refractivity contribution in [3.8, 4) is 5.75 Å². The number of nitrogens with zero attached hydrogens (tertiary/aromatic N) is 1. The summed E-state index contributed by atoms with van der Waals surface area (Å²) in [7, 11) is 0. The van der Waals surface area contributed by atoms with Gasteiger partial charge in [-0.25, -0.2) is 0 Å². The minimum Gasteiger partial charge on any atom is -0.488 e. The molecule has 4 nitrogen and oxygen atoms in total. The van der Waals surface area contributed by atoms with Crippen LogP contribution in [0.4, 0.5) is 5.69 Å². The summed E-state index contributed by atoms with van der Waals surface area (Å²) >= 11 is 0. The first kappa shape index (κ1) is 13.8. The number of allylic oxidation sites excluding steroid dienone is 1. The molecule has 0 bridgehead atoms. The van der Waals surface area contributed by atoms with Gasteiger partial charge in [0.2, 0.25) is 0 Å². The van der Waals surface area contributed by atoms with E-state index in [1.165, 1.54) is 12.1 Å². The van der Waals surface area contributed by atoms with Gasteiger partial charge in [-0.3, -0.25) is 10.1 Å². The summed E-state index contributed by atoms with van der Waals surface area (Å²) in [6.07, 6.45) is 3.27. The lowest BCUT2D eigenvalue weighted by atomic mass is 10.1. The molecule has 0 saturated carbocycles. The third kappa shape index (κ3) is 3.45. The predicted octanol–water partition coefficient (Wildman–Crippen LogP) is 4.02. The van der Waals surface area contributed by atoms with Crippen molar-refractivity contribution in [1.29, 1.82) is 0 Å². The quantitative estimate of drug-likeness (QED) is 0.608. The monoisotopic (exact) mass is 268 g/mol. The second-order valence-electron chi connectivity index (χ2n) is 4.16. The van der Waals surface area contributed by atoms with Crippen LogP contribution in [0, 0.1) is 17.0 Å². The van der Waals surface area contributed by atoms with Gasteiger partial charge in [0.05, 0.1) is 4.92 Å². The molecule has 0 unspecified atom stereocenters. The Balaban J connectivity index is 2.20. The lowest BCUT2D eigenvalue weighted by molar-refractivity contribution is -0.384. The fourth-order valence-corrected chi connectivity index (χ4v) is 1.77. The second kappa shape index (κ2) is 6.52. The SMILES string of the molecule is [CH2]/C=C/c1cc([N+](=O)[O-])ccc1OCc1ccccc1. The summed E-state index contributed by atoms with van der Waals surface area (Å²) in [6.45, 7) is 4.02. The van der Waals surface area contributed by atoms with Crippen molar-refractivity contribution >= 4 is 11.8 Å². The molecule has 2 aromatic rings. The van der Waals surface area contributed by atoms with Crippen molar-refractivity contribution in [2.75, 3.05) is 0 Å². The maximum atomic E-state index is 10.8. The van der Waals surface area contributed by atoms with Gasteiger partial charge < -0.3 is 4.74 Å². The molecule has 0 fully saturated rings. The summed E-state index contributed by atoms with van der Waals surface area (Å²) in [5.41, 5.74) is 1.71. The zero-order chi connectivity index (χ0) is 14.4. The van der Waals surface area contributed by atoms with Crippen LogP contribution in [-0.4, -0.2) is 4.92 Å². The number of nitro groups is 1. The summed E-state index contributed by atoms with van der Waals surface area (Å²) in [5.74, 6) is 0.597. The van der Waals surface area contributed by atoms with Crippen LogP contribution in [0.25, 0.3) is 6.08 Å². The van der Waals surface area contributed by atoms with Gasteiger partial charge >= 0.3 is 0 Å². The molecule has 0 N–H and O–H groups in total. The second-order valence-corrected chi connectivity index (χ2v) is 4.16. The Bertz CT molecular complexity index is 621. The van der Waals surface area contributed by atoms with Crippen LogP contribution >= 0.6 is 0 Å². The first-order valence-electron chi connectivity index (χ1n) is 6.11. The standard InChI is InChI=1S/C16H14NO3/c1-2-6-14-11-15(17(18)19)9-10-16(14)20-12-13-7-4-3-5-8-13/h2-11H,1,12H2/b6-2+. The average Bonchev–Trinajstić information content (AvgIpc) is 2.47. The molecule has 1 radical (unpaired) electrons. The van der Waals surface area contributed by atoms with E-state index in [4.69, 9.17) is 4.74 Å². The molecule has 0 saturated heterocycles. The molecule has 0 aromatic heterocycles. The molecule has 2 aromatic carbocycles. The van der Waals surface area contributed by atoms with E-state index in [0.717, 1.165) is 5.56 Å². The lowest BCUT2D eigenvalue weighted by Gasteiger charge is -2.09. The average molecular weight is 268 g/mol. The third-order valence-corrected chi connectivity index (χ3v) is 2.74. The number of hydrogen-bond acceptors (Lipinski definition) is 3. The van der Waals surface area contributed by atoms with Crippen LogP contribution in [0.5, 0.6) is 5.75 Å². The highest BCUT2D eigenvalue weighted by atomic mass is 16.6. The molecule has 4 heteroatoms. The van der Waals surface area contributed by atoms with Crippen molar-refractivity contribution in [3.05, 3.63) is 82.8 Å². The lowest BCUT2D eigenvalue weighted by Crippen LogP contribution is -1.97. The van der Waals surface area contributed by atoms with Gasteiger partial charge in [0.15, 0.2) is 0 Å². The van der Waals surface area contributed by atoms with Crippen LogP contribution < -0.4 is 4.74 Å². The van der Waals surface area contributed by atoms with Crippen molar-refractivity contribution in [3.63, 3.8) is 0 Å². The summed E-state index contributed by atoms with van der Waals surface area (Å²) < 4.78 is 5.71. The van der Waals surface area contributed by atoms with E-state index in [9.17, 15) is 10.1 Å². The fraction of sp³-hybridized carbons (Fsp3) is 0.0625. The number of hydrogen-bond donors (Lipinski definition) is 0. The van der Waals surface area contributed by atoms with E-state index in [0.29, 0.717) is 17.9 Å². The number of nitro benzene ring substituents is 1. The van der Waals surface area contributed by atoms with Gasteiger partial charge in [0, 0.05) is 17.7 Å². The maximum Gasteiger partial charge on any atom is 0.270 e. The Morgan fingerprint density at radius 3 is 2.60 bits per heavy atom. The van der Waals surface area contributed by atoms with E-state index < -0.39 is 4.92 Å². The molecule has 101 valence electrons. The highest BCUT2D eigenvalue weighted by molar-refractivity contribution is 5.61. The summed E-state index contributed by atoms with van der Waals surface area (Å²) in [4.78, 5) is 10.3. The number of non-ortho nitro benzene ring substituents is 1. The van der Waals surface area contributed by atoms with Crippen LogP contribution in [0.1, 0.15) is 11.1 Å². The fourth-order valence-electron chi connectivity index (χ4n) is 1.77. The van der Waals surface area contributed by atoms with Crippen molar-refractivity contribution in [2.24, 2.45) is 0 Å². The largest absolute Gasteiger partial charge is 0.488 e. The summed E-state index contributed by atoms with van der Waals surface area (Å²) in [5, 5.41) is 10.8. The molecular weight excluding hydrogens is 254 g/mol. The first-order valence-corrected chi connectivity index (χ1v) is 6.11. The predicted molar refractivity (Wildman–Crippen MR) is 78.3 cm³/mol. The normalized spacial score (nSPS) is 10.7. The number of rotatable bonds is 5. The van der Waals surface area contributed by atoms with Crippen LogP contribution in [0.3, 0.4) is 0 Å². The molecule has 0 heterocycles. The number of benzene rings is 2. The van der Waals surface area contributed by atoms with Crippen LogP contribution in [-0.2, 0) is 6.61 Å². The van der Waals surface area contributed by atoms with Crippen molar-refractivity contribution < 1.29 is 9.66 Å². The first-order chi connectivity index (χ1) is 9.70. The molecule has 0 aliphatic heterocycles. The van der Waals surface area contributed by atoms with E-state index in [1.54, 1.807) is 18.2 Å². The van der Waals surface area contributed by atoms with Crippen LogP contribution in [0.15, 0.2) is 54.6 Å². The van der Waals surface area contributed by atoms with Gasteiger partial charge in [-0.1, -0.05) is 42.5 Å². The summed E-state index contributed by atoms with van der Waals surface area (Å²) in [6, 6.07) is 14.2.